The lowest BCUT2D eigenvalue weighted by Gasteiger charge is -2.26. The minimum absolute atomic E-state index is 0.107. The molecule has 15 heteroatoms. The lowest BCUT2D eigenvalue weighted by molar-refractivity contribution is -0.162. The molecule has 1 aliphatic rings. The fourth-order valence-corrected chi connectivity index (χ4v) is 6.09. The first-order valence-electron chi connectivity index (χ1n) is 18.2. The van der Waals surface area contributed by atoms with Gasteiger partial charge in [-0.15, -0.1) is 0 Å². The monoisotopic (exact) mass is 781 g/mol. The summed E-state index contributed by atoms with van der Waals surface area (Å²) in [5.74, 6) is -4.11. The van der Waals surface area contributed by atoms with Gasteiger partial charge in [-0.2, -0.15) is 0 Å². The standard InChI is InChI=1S/C42H44FN5O9/c1-42(43,40(53)56-25-29-14-6-3-7-15-29)26-55-27-48-38(52)23-46-36(50)21-44-35(49)22-45-37(51)24-47-41(54)57-34(20-28-12-4-2-5-13-28)39-32-18-10-8-16-30(32)31-17-9-11-19-33(31)39/h2-19,34,39H,20-27H2,1H3,(H,44,49)(H,45,51)(H,46,50)(H,47,54)(H,48,52). The van der Waals surface area contributed by atoms with Gasteiger partial charge >= 0.3 is 12.1 Å². The van der Waals surface area contributed by atoms with Gasteiger partial charge in [-0.3, -0.25) is 19.2 Å². The second kappa shape index (κ2) is 20.3. The topological polar surface area (TPSA) is 190 Å². The van der Waals surface area contributed by atoms with Gasteiger partial charge in [-0.25, -0.2) is 14.0 Å². The van der Waals surface area contributed by atoms with Crippen LogP contribution < -0.4 is 26.6 Å². The fourth-order valence-electron chi connectivity index (χ4n) is 6.09. The van der Waals surface area contributed by atoms with Crippen LogP contribution in [0.15, 0.2) is 109 Å². The van der Waals surface area contributed by atoms with Gasteiger partial charge in [0.2, 0.25) is 29.3 Å². The molecule has 4 aromatic carbocycles. The van der Waals surface area contributed by atoms with E-state index in [1.807, 2.05) is 78.9 Å². The number of fused-ring (bicyclic) bond motifs is 3. The van der Waals surface area contributed by atoms with Gasteiger partial charge in [0.25, 0.3) is 0 Å². The Morgan fingerprint density at radius 1 is 0.614 bits per heavy atom. The van der Waals surface area contributed by atoms with Crippen molar-refractivity contribution in [2.75, 3.05) is 39.5 Å². The molecule has 0 bridgehead atoms. The smallest absolute Gasteiger partial charge is 0.407 e. The minimum Gasteiger partial charge on any atom is -0.458 e. The Hall–Kier alpha value is -6.61. The lowest BCUT2D eigenvalue weighted by Crippen LogP contribution is -2.46. The lowest BCUT2D eigenvalue weighted by atomic mass is 9.87. The molecule has 298 valence electrons. The number of carbonyl (C=O) groups excluding carboxylic acids is 6. The summed E-state index contributed by atoms with van der Waals surface area (Å²) in [5, 5.41) is 11.7. The molecule has 0 spiro atoms. The number of hydrogen-bond donors (Lipinski definition) is 5. The van der Waals surface area contributed by atoms with Gasteiger partial charge in [0.05, 0.1) is 26.2 Å². The molecular weight excluding hydrogens is 737 g/mol. The summed E-state index contributed by atoms with van der Waals surface area (Å²) in [6.45, 7) is -2.17. The zero-order chi connectivity index (χ0) is 40.6. The van der Waals surface area contributed by atoms with E-state index in [0.717, 1.165) is 34.7 Å². The van der Waals surface area contributed by atoms with E-state index in [2.05, 4.69) is 26.6 Å². The minimum atomic E-state index is -2.46. The molecule has 0 radical (unpaired) electrons. The predicted octanol–water partition coefficient (Wildman–Crippen LogP) is 3.05. The summed E-state index contributed by atoms with van der Waals surface area (Å²) in [7, 11) is 0. The maximum atomic E-state index is 14.7. The molecule has 0 fully saturated rings. The molecule has 2 unspecified atom stereocenters. The van der Waals surface area contributed by atoms with Crippen molar-refractivity contribution in [3.05, 3.63) is 131 Å². The van der Waals surface area contributed by atoms with E-state index in [9.17, 15) is 33.2 Å². The average molecular weight is 782 g/mol. The van der Waals surface area contributed by atoms with E-state index in [4.69, 9.17) is 14.2 Å². The molecule has 0 aliphatic heterocycles. The van der Waals surface area contributed by atoms with Crippen molar-refractivity contribution in [3.63, 3.8) is 0 Å². The van der Waals surface area contributed by atoms with Crippen LogP contribution in [0.1, 0.15) is 35.1 Å². The van der Waals surface area contributed by atoms with Crippen LogP contribution in [0.3, 0.4) is 0 Å². The molecule has 0 aromatic heterocycles. The number of alkyl halides is 1. The molecule has 0 saturated heterocycles. The van der Waals surface area contributed by atoms with Crippen molar-refractivity contribution in [1.29, 1.82) is 0 Å². The summed E-state index contributed by atoms with van der Waals surface area (Å²) in [5.41, 5.74) is 3.42. The summed E-state index contributed by atoms with van der Waals surface area (Å²) >= 11 is 0. The van der Waals surface area contributed by atoms with Gasteiger partial charge < -0.3 is 40.8 Å². The molecule has 2 atom stereocenters. The van der Waals surface area contributed by atoms with Crippen molar-refractivity contribution in [2.45, 2.75) is 37.6 Å². The first-order valence-corrected chi connectivity index (χ1v) is 18.2. The first kappa shape index (κ1) is 41.6. The molecule has 1 aliphatic carbocycles. The van der Waals surface area contributed by atoms with E-state index in [1.165, 1.54) is 0 Å². The molecule has 57 heavy (non-hydrogen) atoms. The summed E-state index contributed by atoms with van der Waals surface area (Å²) in [6, 6.07) is 34.4. The highest BCUT2D eigenvalue weighted by molar-refractivity contribution is 5.90. The number of hydrogen-bond acceptors (Lipinski definition) is 9. The van der Waals surface area contributed by atoms with Crippen LogP contribution in [-0.4, -0.2) is 87.0 Å². The Labute approximate surface area is 328 Å². The van der Waals surface area contributed by atoms with Crippen molar-refractivity contribution >= 4 is 35.7 Å². The van der Waals surface area contributed by atoms with E-state index in [1.54, 1.807) is 30.3 Å². The highest BCUT2D eigenvalue weighted by atomic mass is 19.1. The Balaban J connectivity index is 0.966. The van der Waals surface area contributed by atoms with Crippen molar-refractivity contribution in [3.8, 4) is 11.1 Å². The zero-order valence-corrected chi connectivity index (χ0v) is 31.3. The van der Waals surface area contributed by atoms with Crippen molar-refractivity contribution in [1.82, 2.24) is 26.6 Å². The van der Waals surface area contributed by atoms with E-state index in [0.29, 0.717) is 12.0 Å². The quantitative estimate of drug-likeness (QED) is 0.0541. The number of carbonyl (C=O) groups is 6. The van der Waals surface area contributed by atoms with Crippen LogP contribution in [0.25, 0.3) is 11.1 Å². The second-order valence-corrected chi connectivity index (χ2v) is 13.3. The number of ether oxygens (including phenoxy) is 3. The molecule has 5 rings (SSSR count). The molecule has 14 nitrogen and oxygen atoms in total. The van der Waals surface area contributed by atoms with Crippen LogP contribution >= 0.6 is 0 Å². The van der Waals surface area contributed by atoms with E-state index in [-0.39, 0.29) is 12.5 Å². The van der Waals surface area contributed by atoms with Crippen molar-refractivity contribution < 1.29 is 47.4 Å². The van der Waals surface area contributed by atoms with Gasteiger partial charge in [-0.1, -0.05) is 109 Å². The number of rotatable bonds is 19. The fraction of sp³-hybridized carbons (Fsp3) is 0.286. The van der Waals surface area contributed by atoms with Gasteiger partial charge in [-0.05, 0) is 40.3 Å². The van der Waals surface area contributed by atoms with Gasteiger partial charge in [0.1, 0.15) is 26.0 Å². The maximum Gasteiger partial charge on any atom is 0.407 e. The van der Waals surface area contributed by atoms with E-state index >= 15 is 0 Å². The number of nitrogens with one attached hydrogen (secondary N) is 5. The third-order valence-corrected chi connectivity index (χ3v) is 8.91. The summed E-state index contributed by atoms with van der Waals surface area (Å²) in [6.07, 6.45) is -0.974. The summed E-state index contributed by atoms with van der Waals surface area (Å²) < 4.78 is 30.7. The third kappa shape index (κ3) is 12.4. The maximum absolute atomic E-state index is 14.7. The van der Waals surface area contributed by atoms with Gasteiger partial charge in [0.15, 0.2) is 0 Å². The molecule has 5 amide bonds. The number of esters is 1. The Morgan fingerprint density at radius 3 is 1.61 bits per heavy atom. The number of benzene rings is 4. The SMILES string of the molecule is CC(F)(COCNC(=O)CNC(=O)CNC(=O)CNC(=O)CNC(=O)OC(Cc1ccccc1)C1c2ccccc2-c2ccccc21)C(=O)OCc1ccccc1. The normalized spacial score (nSPS) is 13.1. The molecule has 0 heterocycles. The second-order valence-electron chi connectivity index (χ2n) is 13.3. The van der Waals surface area contributed by atoms with Crippen LogP contribution in [-0.2, 0) is 51.2 Å². The van der Waals surface area contributed by atoms with Crippen LogP contribution in [0.4, 0.5) is 9.18 Å². The highest BCUT2D eigenvalue weighted by Gasteiger charge is 2.37. The Bertz CT molecular complexity index is 1990. The molecule has 5 N–H and O–H groups in total. The van der Waals surface area contributed by atoms with Crippen LogP contribution in [0, 0.1) is 0 Å². The van der Waals surface area contributed by atoms with Crippen LogP contribution in [0.2, 0.25) is 0 Å². The van der Waals surface area contributed by atoms with E-state index < -0.39 is 87.0 Å². The molecule has 4 aromatic rings. The predicted molar refractivity (Wildman–Crippen MR) is 206 cm³/mol. The number of amides is 5. The average Bonchev–Trinajstić information content (AvgIpc) is 3.56. The third-order valence-electron chi connectivity index (χ3n) is 8.91. The number of alkyl carbamates (subject to hydrolysis) is 1. The number of halogens is 1. The molecule has 0 saturated carbocycles. The van der Waals surface area contributed by atoms with Crippen LogP contribution in [0.5, 0.6) is 0 Å². The zero-order valence-electron chi connectivity index (χ0n) is 31.3. The highest BCUT2D eigenvalue weighted by Crippen LogP contribution is 2.47. The summed E-state index contributed by atoms with van der Waals surface area (Å²) in [4.78, 5) is 74.0. The largest absolute Gasteiger partial charge is 0.458 e. The Kier molecular flexibility index (Phi) is 14.8. The Morgan fingerprint density at radius 2 is 1.07 bits per heavy atom. The molecular formula is C42H44FN5O9. The van der Waals surface area contributed by atoms with Gasteiger partial charge in [0, 0.05) is 12.3 Å². The first-order chi connectivity index (χ1) is 27.5. The van der Waals surface area contributed by atoms with Crippen molar-refractivity contribution in [2.24, 2.45) is 0 Å².